The molecule has 6 nitrogen and oxygen atoms in total. The van der Waals surface area contributed by atoms with Gasteiger partial charge in [-0.15, -0.1) is 0 Å². The first-order valence-electron chi connectivity index (χ1n) is 7.78. The van der Waals surface area contributed by atoms with E-state index in [0.717, 1.165) is 15.6 Å². The smallest absolute Gasteiger partial charge is 0.251 e. The molecule has 2 rings (SSSR count). The van der Waals surface area contributed by atoms with Gasteiger partial charge in [-0.05, 0) is 48.4 Å². The van der Waals surface area contributed by atoms with Crippen LogP contribution in [0.2, 0.25) is 0 Å². The average molecular weight is 362 g/mol. The van der Waals surface area contributed by atoms with Crippen LogP contribution in [0.3, 0.4) is 0 Å². The fourth-order valence-electron chi connectivity index (χ4n) is 2.20. The third-order valence-corrected chi connectivity index (χ3v) is 5.58. The van der Waals surface area contributed by atoms with Crippen LogP contribution in [0, 0.1) is 0 Å². The van der Waals surface area contributed by atoms with E-state index < -0.39 is 10.0 Å². The quantitative estimate of drug-likeness (QED) is 0.816. The normalized spacial score (nSPS) is 11.4. The maximum absolute atomic E-state index is 12.1. The van der Waals surface area contributed by atoms with Crippen molar-refractivity contribution in [2.75, 3.05) is 27.7 Å². The molecule has 0 atom stereocenters. The van der Waals surface area contributed by atoms with E-state index >= 15 is 0 Å². The highest BCUT2D eigenvalue weighted by molar-refractivity contribution is 7.89. The monoisotopic (exact) mass is 362 g/mol. The van der Waals surface area contributed by atoms with E-state index in [1.807, 2.05) is 24.3 Å². The SMILES string of the molecule is COc1ccc(CCNC(=O)c2ccc(S(=O)(=O)N(C)C)cc2)cc1. The molecule has 0 aliphatic carbocycles. The molecule has 25 heavy (non-hydrogen) atoms. The number of hydrogen-bond donors (Lipinski definition) is 1. The summed E-state index contributed by atoms with van der Waals surface area (Å²) < 4.78 is 30.2. The highest BCUT2D eigenvalue weighted by Gasteiger charge is 2.17. The van der Waals surface area contributed by atoms with Crippen molar-refractivity contribution in [1.29, 1.82) is 0 Å². The van der Waals surface area contributed by atoms with E-state index in [0.29, 0.717) is 18.5 Å². The molecule has 0 bridgehead atoms. The predicted octanol–water partition coefficient (Wildman–Crippen LogP) is 1.92. The Morgan fingerprint density at radius 3 is 2.16 bits per heavy atom. The fourth-order valence-corrected chi connectivity index (χ4v) is 3.11. The summed E-state index contributed by atoms with van der Waals surface area (Å²) in [5.74, 6) is 0.558. The third kappa shape index (κ3) is 4.80. The Morgan fingerprint density at radius 1 is 1.04 bits per heavy atom. The van der Waals surface area contributed by atoms with Crippen LogP contribution in [0.15, 0.2) is 53.4 Å². The second kappa shape index (κ2) is 8.13. The fraction of sp³-hybridized carbons (Fsp3) is 0.278. The van der Waals surface area contributed by atoms with Crippen molar-refractivity contribution in [1.82, 2.24) is 9.62 Å². The number of nitrogens with one attached hydrogen (secondary N) is 1. The van der Waals surface area contributed by atoms with Crippen LogP contribution < -0.4 is 10.1 Å². The minimum atomic E-state index is -3.49. The molecule has 0 aliphatic heterocycles. The summed E-state index contributed by atoms with van der Waals surface area (Å²) >= 11 is 0. The number of benzene rings is 2. The molecule has 0 radical (unpaired) electrons. The number of hydrogen-bond acceptors (Lipinski definition) is 4. The number of sulfonamides is 1. The highest BCUT2D eigenvalue weighted by Crippen LogP contribution is 2.14. The standard InChI is InChI=1S/C18H22N2O4S/c1-20(2)25(22,23)17-10-6-15(7-11-17)18(21)19-13-12-14-4-8-16(24-3)9-5-14/h4-11H,12-13H2,1-3H3,(H,19,21). The Labute approximate surface area is 148 Å². The van der Waals surface area contributed by atoms with Crippen molar-refractivity contribution >= 4 is 15.9 Å². The molecular formula is C18H22N2O4S. The maximum atomic E-state index is 12.1. The van der Waals surface area contributed by atoms with E-state index in [1.165, 1.54) is 38.4 Å². The summed E-state index contributed by atoms with van der Waals surface area (Å²) in [5, 5.41) is 2.83. The molecule has 0 heterocycles. The van der Waals surface area contributed by atoms with Gasteiger partial charge in [0.15, 0.2) is 0 Å². The number of nitrogens with zero attached hydrogens (tertiary/aromatic N) is 1. The lowest BCUT2D eigenvalue weighted by atomic mass is 10.1. The van der Waals surface area contributed by atoms with Crippen LogP contribution in [-0.4, -0.2) is 46.4 Å². The summed E-state index contributed by atoms with van der Waals surface area (Å²) in [5.41, 5.74) is 1.51. The average Bonchev–Trinajstić information content (AvgIpc) is 2.62. The van der Waals surface area contributed by atoms with Crippen molar-refractivity contribution < 1.29 is 17.9 Å². The summed E-state index contributed by atoms with van der Waals surface area (Å²) in [4.78, 5) is 12.3. The van der Waals surface area contributed by atoms with E-state index in [-0.39, 0.29) is 10.8 Å². The van der Waals surface area contributed by atoms with E-state index in [2.05, 4.69) is 5.32 Å². The Balaban J connectivity index is 1.92. The van der Waals surface area contributed by atoms with Crippen LogP contribution in [0.25, 0.3) is 0 Å². The predicted molar refractivity (Wildman–Crippen MR) is 96.3 cm³/mol. The first-order chi connectivity index (χ1) is 11.8. The summed E-state index contributed by atoms with van der Waals surface area (Å²) in [6.45, 7) is 0.489. The topological polar surface area (TPSA) is 75.7 Å². The van der Waals surface area contributed by atoms with Gasteiger partial charge in [0.25, 0.3) is 5.91 Å². The summed E-state index contributed by atoms with van der Waals surface area (Å²) in [6, 6.07) is 13.6. The minimum absolute atomic E-state index is 0.160. The Bertz CT molecular complexity index is 813. The molecule has 134 valence electrons. The molecule has 0 unspecified atom stereocenters. The zero-order valence-corrected chi connectivity index (χ0v) is 15.3. The molecule has 1 N–H and O–H groups in total. The lowest BCUT2D eigenvalue weighted by Crippen LogP contribution is -2.26. The van der Waals surface area contributed by atoms with Gasteiger partial charge < -0.3 is 10.1 Å². The number of carbonyl (C=O) groups is 1. The second-order valence-electron chi connectivity index (χ2n) is 5.67. The molecule has 0 saturated carbocycles. The molecule has 2 aromatic carbocycles. The Kier molecular flexibility index (Phi) is 6.17. The number of methoxy groups -OCH3 is 1. The first-order valence-corrected chi connectivity index (χ1v) is 9.22. The van der Waals surface area contributed by atoms with Crippen molar-refractivity contribution in [3.05, 3.63) is 59.7 Å². The van der Waals surface area contributed by atoms with Gasteiger partial charge in [0.05, 0.1) is 12.0 Å². The van der Waals surface area contributed by atoms with E-state index in [4.69, 9.17) is 4.74 Å². The Hall–Kier alpha value is -2.38. The van der Waals surface area contributed by atoms with Gasteiger partial charge in [0.1, 0.15) is 5.75 Å². The molecule has 0 spiro atoms. The van der Waals surface area contributed by atoms with E-state index in [9.17, 15) is 13.2 Å². The van der Waals surface area contributed by atoms with Gasteiger partial charge in [-0.1, -0.05) is 12.1 Å². The van der Waals surface area contributed by atoms with Gasteiger partial charge in [-0.2, -0.15) is 0 Å². The molecule has 0 aliphatic rings. The zero-order chi connectivity index (χ0) is 18.4. The second-order valence-corrected chi connectivity index (χ2v) is 7.82. The summed E-state index contributed by atoms with van der Waals surface area (Å²) in [6.07, 6.45) is 0.697. The van der Waals surface area contributed by atoms with Crippen molar-refractivity contribution in [2.24, 2.45) is 0 Å². The summed E-state index contributed by atoms with van der Waals surface area (Å²) in [7, 11) is 1.06. The number of ether oxygens (including phenoxy) is 1. The number of rotatable bonds is 7. The molecule has 0 fully saturated rings. The Morgan fingerprint density at radius 2 is 1.64 bits per heavy atom. The molecule has 2 aromatic rings. The van der Waals surface area contributed by atoms with Crippen LogP contribution in [-0.2, 0) is 16.4 Å². The van der Waals surface area contributed by atoms with Crippen molar-refractivity contribution in [2.45, 2.75) is 11.3 Å². The molecule has 7 heteroatoms. The first kappa shape index (κ1) is 19.0. The minimum Gasteiger partial charge on any atom is -0.497 e. The van der Waals surface area contributed by atoms with Gasteiger partial charge in [0, 0.05) is 26.2 Å². The number of carbonyl (C=O) groups excluding carboxylic acids is 1. The van der Waals surface area contributed by atoms with Gasteiger partial charge in [0.2, 0.25) is 10.0 Å². The maximum Gasteiger partial charge on any atom is 0.251 e. The molecular weight excluding hydrogens is 340 g/mol. The lowest BCUT2D eigenvalue weighted by molar-refractivity contribution is 0.0954. The number of amides is 1. The third-order valence-electron chi connectivity index (χ3n) is 3.75. The molecule has 0 saturated heterocycles. The molecule has 1 amide bonds. The largest absolute Gasteiger partial charge is 0.497 e. The van der Waals surface area contributed by atoms with Gasteiger partial charge >= 0.3 is 0 Å². The van der Waals surface area contributed by atoms with Gasteiger partial charge in [-0.3, -0.25) is 4.79 Å². The lowest BCUT2D eigenvalue weighted by Gasteiger charge is -2.11. The van der Waals surface area contributed by atoms with Crippen LogP contribution in [0.1, 0.15) is 15.9 Å². The molecule has 0 aromatic heterocycles. The van der Waals surface area contributed by atoms with Crippen LogP contribution in [0.5, 0.6) is 5.75 Å². The van der Waals surface area contributed by atoms with Crippen molar-refractivity contribution in [3.8, 4) is 5.75 Å². The van der Waals surface area contributed by atoms with Gasteiger partial charge in [-0.25, -0.2) is 12.7 Å². The van der Waals surface area contributed by atoms with Crippen molar-refractivity contribution in [3.63, 3.8) is 0 Å². The van der Waals surface area contributed by atoms with Crippen LogP contribution in [0.4, 0.5) is 0 Å². The highest BCUT2D eigenvalue weighted by atomic mass is 32.2. The van der Waals surface area contributed by atoms with E-state index in [1.54, 1.807) is 7.11 Å². The van der Waals surface area contributed by atoms with Crippen LogP contribution >= 0.6 is 0 Å². The zero-order valence-electron chi connectivity index (χ0n) is 14.5.